The van der Waals surface area contributed by atoms with Crippen LogP contribution in [0.5, 0.6) is 0 Å². The van der Waals surface area contributed by atoms with Crippen molar-refractivity contribution in [3.8, 4) is 0 Å². The van der Waals surface area contributed by atoms with Gasteiger partial charge in [0.25, 0.3) is 0 Å². The highest BCUT2D eigenvalue weighted by atomic mass is 32.2. The van der Waals surface area contributed by atoms with E-state index < -0.39 is 9.84 Å². The van der Waals surface area contributed by atoms with E-state index in [1.165, 1.54) is 24.8 Å². The molecule has 2 aromatic carbocycles. The second kappa shape index (κ2) is 7.33. The molecular formula is C20H19FN2O3S2. The molecule has 0 spiro atoms. The van der Waals surface area contributed by atoms with Crippen LogP contribution in [-0.4, -0.2) is 43.0 Å². The van der Waals surface area contributed by atoms with Crippen LogP contribution in [0.1, 0.15) is 22.8 Å². The van der Waals surface area contributed by atoms with Gasteiger partial charge < -0.3 is 4.90 Å². The Bertz CT molecular complexity index is 1070. The van der Waals surface area contributed by atoms with Gasteiger partial charge in [0.05, 0.1) is 23.6 Å². The summed E-state index contributed by atoms with van der Waals surface area (Å²) in [6.45, 7) is 1.49. The van der Waals surface area contributed by atoms with Gasteiger partial charge in [0.2, 0.25) is 0 Å². The minimum atomic E-state index is -3.16. The smallest absolute Gasteiger partial charge is 0.164 e. The number of nitrogens with zero attached hydrogens (tertiary/aromatic N) is 2. The molecule has 0 amide bonds. The Kier molecular flexibility index (Phi) is 5.01. The number of halogens is 1. The largest absolute Gasteiger partial charge is 0.315 e. The molecule has 0 radical (unpaired) electrons. The predicted molar refractivity (Wildman–Crippen MR) is 110 cm³/mol. The SMILES string of the molecule is CC(=O)c1cccc(N2C(SCc3ccccc3F)=NC3CS(=O)(=O)CC32)c1. The number of rotatable bonds is 4. The molecular weight excluding hydrogens is 399 g/mol. The molecule has 1 saturated heterocycles. The Balaban J connectivity index is 1.66. The van der Waals surface area contributed by atoms with Crippen molar-refractivity contribution in [3.63, 3.8) is 0 Å². The summed E-state index contributed by atoms with van der Waals surface area (Å²) in [5.74, 6) is 0.0933. The normalized spacial score (nSPS) is 22.8. The van der Waals surface area contributed by atoms with Crippen molar-refractivity contribution in [2.75, 3.05) is 16.4 Å². The molecule has 2 atom stereocenters. The van der Waals surface area contributed by atoms with Gasteiger partial charge in [0.1, 0.15) is 5.82 Å². The van der Waals surface area contributed by atoms with E-state index in [2.05, 4.69) is 4.99 Å². The molecule has 28 heavy (non-hydrogen) atoms. The highest BCUT2D eigenvalue weighted by molar-refractivity contribution is 8.13. The fourth-order valence-corrected chi connectivity index (χ4v) is 6.52. The minimum absolute atomic E-state index is 0.0182. The third-order valence-electron chi connectivity index (χ3n) is 4.95. The number of aliphatic imine (C=N–C) groups is 1. The van der Waals surface area contributed by atoms with Crippen LogP contribution >= 0.6 is 11.8 Å². The third kappa shape index (κ3) is 3.71. The summed E-state index contributed by atoms with van der Waals surface area (Å²) in [6.07, 6.45) is 0. The van der Waals surface area contributed by atoms with Crippen LogP contribution < -0.4 is 4.90 Å². The molecule has 2 unspecified atom stereocenters. The molecule has 2 aromatic rings. The van der Waals surface area contributed by atoms with Gasteiger partial charge in [-0.1, -0.05) is 42.1 Å². The number of sulfone groups is 1. The molecule has 2 heterocycles. The third-order valence-corrected chi connectivity index (χ3v) is 7.67. The van der Waals surface area contributed by atoms with Gasteiger partial charge in [-0.15, -0.1) is 0 Å². The van der Waals surface area contributed by atoms with Gasteiger partial charge in [-0.25, -0.2) is 12.8 Å². The molecule has 0 bridgehead atoms. The maximum absolute atomic E-state index is 14.0. The molecule has 0 aromatic heterocycles. The number of Topliss-reactive ketones (excluding diaryl/α,β-unsaturated/α-hetero) is 1. The highest BCUT2D eigenvalue weighted by Crippen LogP contribution is 2.36. The molecule has 8 heteroatoms. The van der Waals surface area contributed by atoms with Crippen molar-refractivity contribution in [1.82, 2.24) is 0 Å². The number of carbonyl (C=O) groups is 1. The van der Waals surface area contributed by atoms with Gasteiger partial charge in [0, 0.05) is 17.0 Å². The van der Waals surface area contributed by atoms with Crippen LogP contribution in [0.4, 0.5) is 10.1 Å². The van der Waals surface area contributed by atoms with Crippen molar-refractivity contribution in [3.05, 3.63) is 65.5 Å². The quantitative estimate of drug-likeness (QED) is 0.713. The van der Waals surface area contributed by atoms with Crippen molar-refractivity contribution in [2.24, 2.45) is 4.99 Å². The Labute approximate surface area is 167 Å². The number of anilines is 1. The highest BCUT2D eigenvalue weighted by Gasteiger charge is 2.47. The first kappa shape index (κ1) is 19.1. The van der Waals surface area contributed by atoms with E-state index in [-0.39, 0.29) is 35.2 Å². The average Bonchev–Trinajstić information content (AvgIpc) is 3.12. The molecule has 5 nitrogen and oxygen atoms in total. The maximum atomic E-state index is 14.0. The number of thioether (sulfide) groups is 1. The van der Waals surface area contributed by atoms with E-state index in [4.69, 9.17) is 0 Å². The average molecular weight is 419 g/mol. The van der Waals surface area contributed by atoms with Crippen molar-refractivity contribution in [2.45, 2.75) is 24.8 Å². The zero-order chi connectivity index (χ0) is 19.9. The molecule has 0 N–H and O–H groups in total. The summed E-state index contributed by atoms with van der Waals surface area (Å²) in [7, 11) is -3.16. The molecule has 146 valence electrons. The maximum Gasteiger partial charge on any atom is 0.164 e. The number of amidine groups is 1. The van der Waals surface area contributed by atoms with Crippen molar-refractivity contribution in [1.29, 1.82) is 0 Å². The van der Waals surface area contributed by atoms with Crippen LogP contribution in [0.2, 0.25) is 0 Å². The van der Waals surface area contributed by atoms with E-state index in [1.54, 1.807) is 36.4 Å². The fourth-order valence-electron chi connectivity index (χ4n) is 3.57. The lowest BCUT2D eigenvalue weighted by Crippen LogP contribution is -2.39. The summed E-state index contributed by atoms with van der Waals surface area (Å²) >= 11 is 1.38. The number of hydrogen-bond donors (Lipinski definition) is 0. The number of carbonyl (C=O) groups excluding carboxylic acids is 1. The second-order valence-corrected chi connectivity index (χ2v) is 10.1. The molecule has 0 aliphatic carbocycles. The first-order valence-electron chi connectivity index (χ1n) is 8.89. The molecule has 0 saturated carbocycles. The molecule has 2 aliphatic heterocycles. The van der Waals surface area contributed by atoms with Gasteiger partial charge in [-0.3, -0.25) is 9.79 Å². The van der Waals surface area contributed by atoms with Crippen LogP contribution in [-0.2, 0) is 15.6 Å². The molecule has 4 rings (SSSR count). The summed E-state index contributed by atoms with van der Waals surface area (Å²) < 4.78 is 38.2. The summed E-state index contributed by atoms with van der Waals surface area (Å²) in [5, 5.41) is 0.661. The van der Waals surface area contributed by atoms with Gasteiger partial charge >= 0.3 is 0 Å². The Morgan fingerprint density at radius 1 is 1.21 bits per heavy atom. The number of hydrogen-bond acceptors (Lipinski definition) is 6. The first-order valence-corrected chi connectivity index (χ1v) is 11.7. The van der Waals surface area contributed by atoms with Gasteiger partial charge in [0.15, 0.2) is 20.8 Å². The van der Waals surface area contributed by atoms with E-state index in [0.29, 0.717) is 22.0 Å². The Hall–Kier alpha value is -2.19. The molecule has 2 aliphatic rings. The van der Waals surface area contributed by atoms with E-state index in [1.807, 2.05) is 11.0 Å². The van der Waals surface area contributed by atoms with Crippen molar-refractivity contribution < 1.29 is 17.6 Å². The summed E-state index contributed by atoms with van der Waals surface area (Å²) in [6, 6.07) is 13.1. The van der Waals surface area contributed by atoms with Crippen LogP contribution in [0.15, 0.2) is 53.5 Å². The number of fused-ring (bicyclic) bond motifs is 1. The standard InChI is InChI=1S/C20H19FN2O3S2/c1-13(24)14-6-4-7-16(9-14)23-19-12-28(25,26)11-18(19)22-20(23)27-10-15-5-2-3-8-17(15)21/h2-9,18-19H,10-12H2,1H3. The van der Waals surface area contributed by atoms with Crippen LogP contribution in [0.3, 0.4) is 0 Å². The number of ketones is 1. The fraction of sp³-hybridized carbons (Fsp3) is 0.300. The van der Waals surface area contributed by atoms with E-state index in [0.717, 1.165) is 5.69 Å². The van der Waals surface area contributed by atoms with Gasteiger partial charge in [-0.2, -0.15) is 0 Å². The summed E-state index contributed by atoms with van der Waals surface area (Å²) in [5.41, 5.74) is 1.86. The zero-order valence-electron chi connectivity index (χ0n) is 15.2. The van der Waals surface area contributed by atoms with Crippen molar-refractivity contribution >= 4 is 38.2 Å². The second-order valence-electron chi connectivity index (χ2n) is 6.98. The van der Waals surface area contributed by atoms with Gasteiger partial charge in [-0.05, 0) is 30.7 Å². The lowest BCUT2D eigenvalue weighted by molar-refractivity contribution is 0.101. The predicted octanol–water partition coefficient (Wildman–Crippen LogP) is 3.30. The molecule has 1 fully saturated rings. The van der Waals surface area contributed by atoms with Crippen LogP contribution in [0, 0.1) is 5.82 Å². The topological polar surface area (TPSA) is 66.8 Å². The monoisotopic (exact) mass is 418 g/mol. The lowest BCUT2D eigenvalue weighted by atomic mass is 10.1. The van der Waals surface area contributed by atoms with Crippen LogP contribution in [0.25, 0.3) is 0 Å². The number of benzene rings is 2. The lowest BCUT2D eigenvalue weighted by Gasteiger charge is -2.26. The minimum Gasteiger partial charge on any atom is -0.315 e. The van der Waals surface area contributed by atoms with E-state index in [9.17, 15) is 17.6 Å². The summed E-state index contributed by atoms with van der Waals surface area (Å²) in [4.78, 5) is 18.3. The Morgan fingerprint density at radius 3 is 2.75 bits per heavy atom. The first-order chi connectivity index (χ1) is 13.3. The zero-order valence-corrected chi connectivity index (χ0v) is 16.8. The van der Waals surface area contributed by atoms with E-state index >= 15 is 0 Å². The Morgan fingerprint density at radius 2 is 2.00 bits per heavy atom.